The summed E-state index contributed by atoms with van der Waals surface area (Å²) >= 11 is 0. The van der Waals surface area contributed by atoms with Crippen molar-refractivity contribution in [3.8, 4) is 11.8 Å². The zero-order valence-corrected chi connectivity index (χ0v) is 7.86. The molecule has 2 N–H and O–H groups in total. The molecule has 1 aromatic rings. The van der Waals surface area contributed by atoms with Gasteiger partial charge in [0.05, 0.1) is 0 Å². The molecule has 14 heavy (non-hydrogen) atoms. The molecule has 0 amide bonds. The number of benzene rings is 1. The molecular formula is C11H12N2O. The lowest BCUT2D eigenvalue weighted by atomic mass is 10.1. The number of hydrogen-bond acceptors (Lipinski definition) is 3. The highest BCUT2D eigenvalue weighted by molar-refractivity contribution is 5.45. The van der Waals surface area contributed by atoms with Crippen molar-refractivity contribution in [1.29, 1.82) is 5.26 Å². The number of aryl methyl sites for hydroxylation is 1. The van der Waals surface area contributed by atoms with E-state index in [4.69, 9.17) is 15.7 Å². The molecule has 0 aliphatic heterocycles. The minimum atomic E-state index is 0.0693. The van der Waals surface area contributed by atoms with Crippen LogP contribution in [0.3, 0.4) is 0 Å². The van der Waals surface area contributed by atoms with Crippen molar-refractivity contribution in [3.05, 3.63) is 29.3 Å². The summed E-state index contributed by atoms with van der Waals surface area (Å²) in [5, 5.41) is 8.44. The van der Waals surface area contributed by atoms with Crippen molar-refractivity contribution in [2.75, 3.05) is 6.61 Å². The standard InChI is InChI=1S/C11H12N2O/c12-6-7-14-10-3-1-2-8-4-5-9(13)11(8)10/h1-3,9H,4-5,7,13H2/t9-/m0/s1. The summed E-state index contributed by atoms with van der Waals surface area (Å²) in [6, 6.07) is 7.92. The normalized spacial score (nSPS) is 18.7. The van der Waals surface area contributed by atoms with Crippen LogP contribution in [0.1, 0.15) is 23.6 Å². The third-order valence-electron chi connectivity index (χ3n) is 2.54. The quantitative estimate of drug-likeness (QED) is 0.765. The number of rotatable bonds is 2. The van der Waals surface area contributed by atoms with Crippen LogP contribution < -0.4 is 10.5 Å². The van der Waals surface area contributed by atoms with Gasteiger partial charge in [-0.2, -0.15) is 5.26 Å². The lowest BCUT2D eigenvalue weighted by Crippen LogP contribution is -2.08. The molecule has 0 unspecified atom stereocenters. The highest BCUT2D eigenvalue weighted by atomic mass is 16.5. The first-order valence-electron chi connectivity index (χ1n) is 4.70. The van der Waals surface area contributed by atoms with Crippen LogP contribution in [0.15, 0.2) is 18.2 Å². The van der Waals surface area contributed by atoms with E-state index in [9.17, 15) is 0 Å². The van der Waals surface area contributed by atoms with E-state index in [1.165, 1.54) is 5.56 Å². The van der Waals surface area contributed by atoms with Crippen LogP contribution in [0.5, 0.6) is 5.75 Å². The average molecular weight is 188 g/mol. The highest BCUT2D eigenvalue weighted by Crippen LogP contribution is 2.36. The van der Waals surface area contributed by atoms with E-state index in [0.717, 1.165) is 24.2 Å². The number of nitriles is 1. The topological polar surface area (TPSA) is 59.0 Å². The third-order valence-corrected chi connectivity index (χ3v) is 2.54. The maximum Gasteiger partial charge on any atom is 0.174 e. The molecule has 3 heteroatoms. The largest absolute Gasteiger partial charge is 0.478 e. The van der Waals surface area contributed by atoms with Gasteiger partial charge in [0.2, 0.25) is 0 Å². The lowest BCUT2D eigenvalue weighted by Gasteiger charge is -2.11. The number of ether oxygens (including phenoxy) is 1. The summed E-state index contributed by atoms with van der Waals surface area (Å²) in [4.78, 5) is 0. The van der Waals surface area contributed by atoms with Gasteiger partial charge in [-0.05, 0) is 24.5 Å². The van der Waals surface area contributed by atoms with E-state index in [0.29, 0.717) is 0 Å². The number of fused-ring (bicyclic) bond motifs is 1. The van der Waals surface area contributed by atoms with Gasteiger partial charge in [0.1, 0.15) is 11.8 Å². The van der Waals surface area contributed by atoms with Crippen LogP contribution in [0, 0.1) is 11.3 Å². The van der Waals surface area contributed by atoms with E-state index in [-0.39, 0.29) is 12.6 Å². The molecule has 0 fully saturated rings. The minimum absolute atomic E-state index is 0.0693. The van der Waals surface area contributed by atoms with Gasteiger partial charge < -0.3 is 10.5 Å². The second kappa shape index (κ2) is 3.69. The summed E-state index contributed by atoms with van der Waals surface area (Å²) < 4.78 is 5.33. The molecule has 1 atom stereocenters. The maximum atomic E-state index is 8.44. The molecule has 0 radical (unpaired) electrons. The van der Waals surface area contributed by atoms with Gasteiger partial charge in [-0.1, -0.05) is 12.1 Å². The number of nitrogens with zero attached hydrogens (tertiary/aromatic N) is 1. The summed E-state index contributed by atoms with van der Waals surface area (Å²) in [5.41, 5.74) is 8.30. The number of nitrogens with two attached hydrogens (primary N) is 1. The van der Waals surface area contributed by atoms with Crippen LogP contribution in [0.4, 0.5) is 0 Å². The average Bonchev–Trinajstić information content (AvgIpc) is 2.58. The van der Waals surface area contributed by atoms with Crippen LogP contribution in [0.25, 0.3) is 0 Å². The molecule has 0 saturated heterocycles. The molecular weight excluding hydrogens is 176 g/mol. The Morgan fingerprint density at radius 1 is 1.57 bits per heavy atom. The van der Waals surface area contributed by atoms with Gasteiger partial charge in [0.15, 0.2) is 6.61 Å². The Kier molecular flexibility index (Phi) is 2.38. The first-order valence-corrected chi connectivity index (χ1v) is 4.70. The van der Waals surface area contributed by atoms with E-state index < -0.39 is 0 Å². The molecule has 0 aromatic heterocycles. The Morgan fingerprint density at radius 2 is 2.43 bits per heavy atom. The zero-order chi connectivity index (χ0) is 9.97. The molecule has 0 spiro atoms. The van der Waals surface area contributed by atoms with Gasteiger partial charge in [-0.25, -0.2) is 0 Å². The van der Waals surface area contributed by atoms with Gasteiger partial charge >= 0.3 is 0 Å². The maximum absolute atomic E-state index is 8.44. The molecule has 72 valence electrons. The van der Waals surface area contributed by atoms with Crippen molar-refractivity contribution in [2.24, 2.45) is 5.73 Å². The van der Waals surface area contributed by atoms with Crippen LogP contribution in [-0.2, 0) is 6.42 Å². The highest BCUT2D eigenvalue weighted by Gasteiger charge is 2.22. The molecule has 2 rings (SSSR count). The lowest BCUT2D eigenvalue weighted by molar-refractivity contribution is 0.362. The van der Waals surface area contributed by atoms with Gasteiger partial charge in [-0.3, -0.25) is 0 Å². The smallest absolute Gasteiger partial charge is 0.174 e. The van der Waals surface area contributed by atoms with E-state index in [2.05, 4.69) is 6.07 Å². The van der Waals surface area contributed by atoms with Crippen LogP contribution >= 0.6 is 0 Å². The fourth-order valence-corrected chi connectivity index (χ4v) is 1.92. The summed E-state index contributed by atoms with van der Waals surface area (Å²) in [7, 11) is 0. The van der Waals surface area contributed by atoms with Crippen molar-refractivity contribution in [2.45, 2.75) is 18.9 Å². The molecule has 3 nitrogen and oxygen atoms in total. The molecule has 0 saturated carbocycles. The predicted octanol–water partition coefficient (Wildman–Crippen LogP) is 1.53. The Morgan fingerprint density at radius 3 is 3.21 bits per heavy atom. The molecule has 1 aromatic carbocycles. The Hall–Kier alpha value is -1.53. The first kappa shape index (κ1) is 9.04. The van der Waals surface area contributed by atoms with Gasteiger partial charge in [0.25, 0.3) is 0 Å². The third kappa shape index (κ3) is 1.45. The van der Waals surface area contributed by atoms with Crippen molar-refractivity contribution in [3.63, 3.8) is 0 Å². The zero-order valence-electron chi connectivity index (χ0n) is 7.86. The monoisotopic (exact) mass is 188 g/mol. The van der Waals surface area contributed by atoms with Gasteiger partial charge in [0, 0.05) is 11.6 Å². The Bertz CT molecular complexity index is 381. The van der Waals surface area contributed by atoms with E-state index in [1.807, 2.05) is 18.2 Å². The Labute approximate surface area is 83.1 Å². The fourth-order valence-electron chi connectivity index (χ4n) is 1.92. The SMILES string of the molecule is N#CCOc1cccc2c1[C@@H](N)CC2. The van der Waals surface area contributed by atoms with E-state index >= 15 is 0 Å². The van der Waals surface area contributed by atoms with Crippen molar-refractivity contribution in [1.82, 2.24) is 0 Å². The van der Waals surface area contributed by atoms with Crippen molar-refractivity contribution >= 4 is 0 Å². The minimum Gasteiger partial charge on any atom is -0.478 e. The van der Waals surface area contributed by atoms with Crippen LogP contribution in [0.2, 0.25) is 0 Å². The summed E-state index contributed by atoms with van der Waals surface area (Å²) in [6.07, 6.45) is 1.99. The summed E-state index contributed by atoms with van der Waals surface area (Å²) in [6.45, 7) is 0.0865. The van der Waals surface area contributed by atoms with Crippen LogP contribution in [-0.4, -0.2) is 6.61 Å². The second-order valence-electron chi connectivity index (χ2n) is 3.42. The Balaban J connectivity index is 2.33. The summed E-state index contributed by atoms with van der Waals surface area (Å²) in [5.74, 6) is 0.772. The first-order chi connectivity index (χ1) is 6.83. The molecule has 1 aliphatic carbocycles. The molecule has 0 bridgehead atoms. The fraction of sp³-hybridized carbons (Fsp3) is 0.364. The molecule has 1 aliphatic rings. The predicted molar refractivity (Wildman–Crippen MR) is 52.8 cm³/mol. The van der Waals surface area contributed by atoms with Crippen molar-refractivity contribution < 1.29 is 4.74 Å². The van der Waals surface area contributed by atoms with E-state index in [1.54, 1.807) is 0 Å². The second-order valence-corrected chi connectivity index (χ2v) is 3.42. The number of hydrogen-bond donors (Lipinski definition) is 1. The van der Waals surface area contributed by atoms with Gasteiger partial charge in [-0.15, -0.1) is 0 Å². The molecule has 0 heterocycles.